The first-order chi connectivity index (χ1) is 26.5. The van der Waals surface area contributed by atoms with Crippen LogP contribution in [0.2, 0.25) is 0 Å². The van der Waals surface area contributed by atoms with Crippen LogP contribution in [0.5, 0.6) is 0 Å². The SMILES string of the molecule is CC1(C)Cc2ccccc2C2CC=C(N(C3=CCC(c4ccc5c(c4)c4ccccc4n5-c4ccccc4)C=C3)c3cccc(-c4ccccc4)c3)C=C21. The minimum atomic E-state index is 0.0836. The van der Waals surface area contributed by atoms with Crippen molar-refractivity contribution in [2.75, 3.05) is 4.90 Å². The number of anilines is 1. The molecule has 3 aliphatic carbocycles. The van der Waals surface area contributed by atoms with Crippen molar-refractivity contribution in [3.8, 4) is 16.8 Å². The number of rotatable bonds is 6. The average molecular weight is 697 g/mol. The van der Waals surface area contributed by atoms with Gasteiger partial charge in [-0.05, 0) is 107 Å². The van der Waals surface area contributed by atoms with Crippen molar-refractivity contribution >= 4 is 27.5 Å². The first kappa shape index (κ1) is 32.5. The monoisotopic (exact) mass is 696 g/mol. The van der Waals surface area contributed by atoms with Gasteiger partial charge in [-0.2, -0.15) is 0 Å². The van der Waals surface area contributed by atoms with E-state index in [4.69, 9.17) is 0 Å². The molecular weight excluding hydrogens is 653 g/mol. The summed E-state index contributed by atoms with van der Waals surface area (Å²) in [6.45, 7) is 4.87. The van der Waals surface area contributed by atoms with Crippen molar-refractivity contribution in [3.63, 3.8) is 0 Å². The van der Waals surface area contributed by atoms with Crippen molar-refractivity contribution in [1.82, 2.24) is 4.57 Å². The molecule has 2 unspecified atom stereocenters. The second-order valence-electron chi connectivity index (χ2n) is 15.8. The number of benzene rings is 6. The van der Waals surface area contributed by atoms with Crippen LogP contribution < -0.4 is 4.90 Å². The van der Waals surface area contributed by atoms with E-state index in [1.807, 2.05) is 0 Å². The van der Waals surface area contributed by atoms with Crippen LogP contribution >= 0.6 is 0 Å². The third kappa shape index (κ3) is 5.56. The first-order valence-corrected chi connectivity index (χ1v) is 19.4. The maximum atomic E-state index is 2.52. The molecule has 6 aromatic carbocycles. The Bertz CT molecular complexity index is 2670. The maximum Gasteiger partial charge on any atom is 0.0541 e. The molecule has 10 rings (SSSR count). The van der Waals surface area contributed by atoms with E-state index < -0.39 is 0 Å². The summed E-state index contributed by atoms with van der Waals surface area (Å²) >= 11 is 0. The van der Waals surface area contributed by atoms with Crippen LogP contribution in [-0.2, 0) is 6.42 Å². The molecule has 0 fully saturated rings. The molecule has 262 valence electrons. The molecule has 3 aliphatic rings. The Labute approximate surface area is 318 Å². The fourth-order valence-electron chi connectivity index (χ4n) is 9.42. The third-order valence-corrected chi connectivity index (χ3v) is 12.0. The van der Waals surface area contributed by atoms with Gasteiger partial charge in [-0.3, -0.25) is 0 Å². The average Bonchev–Trinajstić information content (AvgIpc) is 3.56. The highest BCUT2D eigenvalue weighted by Crippen LogP contribution is 2.51. The van der Waals surface area contributed by atoms with Gasteiger partial charge in [0.25, 0.3) is 0 Å². The van der Waals surface area contributed by atoms with Gasteiger partial charge in [-0.15, -0.1) is 0 Å². The molecule has 0 saturated heterocycles. The Balaban J connectivity index is 1.03. The van der Waals surface area contributed by atoms with Gasteiger partial charge in [0.2, 0.25) is 0 Å². The maximum absolute atomic E-state index is 2.52. The summed E-state index contributed by atoms with van der Waals surface area (Å²) in [6.07, 6.45) is 15.3. The normalized spacial score (nSPS) is 18.7. The fourth-order valence-corrected chi connectivity index (χ4v) is 9.42. The van der Waals surface area contributed by atoms with E-state index in [2.05, 4.69) is 205 Å². The summed E-state index contributed by atoms with van der Waals surface area (Å²) in [7, 11) is 0. The van der Waals surface area contributed by atoms with Crippen LogP contribution in [0.15, 0.2) is 199 Å². The molecule has 0 bridgehead atoms. The second-order valence-corrected chi connectivity index (χ2v) is 15.8. The van der Waals surface area contributed by atoms with Crippen molar-refractivity contribution in [1.29, 1.82) is 0 Å². The van der Waals surface area contributed by atoms with Crippen LogP contribution in [-0.4, -0.2) is 4.57 Å². The second kappa shape index (κ2) is 13.1. The Hall–Kier alpha value is -6.12. The van der Waals surface area contributed by atoms with Crippen molar-refractivity contribution in [2.45, 2.75) is 44.9 Å². The lowest BCUT2D eigenvalue weighted by atomic mass is 9.63. The zero-order valence-electron chi connectivity index (χ0n) is 31.0. The smallest absolute Gasteiger partial charge is 0.0541 e. The minimum absolute atomic E-state index is 0.0836. The summed E-state index contributed by atoms with van der Waals surface area (Å²) < 4.78 is 2.40. The predicted octanol–water partition coefficient (Wildman–Crippen LogP) is 13.5. The van der Waals surface area contributed by atoms with Crippen molar-refractivity contribution < 1.29 is 0 Å². The van der Waals surface area contributed by atoms with E-state index in [0.29, 0.717) is 11.8 Å². The molecule has 7 aromatic rings. The molecular formula is C52H44N2. The highest BCUT2D eigenvalue weighted by molar-refractivity contribution is 6.09. The Morgan fingerprint density at radius 1 is 0.611 bits per heavy atom. The third-order valence-electron chi connectivity index (χ3n) is 12.0. The quantitative estimate of drug-likeness (QED) is 0.168. The van der Waals surface area contributed by atoms with Crippen molar-refractivity contribution in [2.24, 2.45) is 5.41 Å². The lowest BCUT2D eigenvalue weighted by Crippen LogP contribution is -2.32. The molecule has 1 aromatic heterocycles. The number of hydrogen-bond donors (Lipinski definition) is 0. The largest absolute Gasteiger partial charge is 0.311 e. The van der Waals surface area contributed by atoms with Crippen molar-refractivity contribution in [3.05, 3.63) is 216 Å². The standard InChI is InChI=1S/C52H44N2/c1-52(2)35-40-16-9-10-21-45(40)46-30-29-44(34-49(46)52)53(43-20-13-17-38(32-43)36-14-5-3-6-15-36)42-27-24-37(25-28-42)39-26-31-51-48(33-39)47-22-11-12-23-50(47)54(51)41-18-7-4-8-19-41/h3-24,26-29,31-34,37,46H,25,30,35H2,1-2H3. The first-order valence-electron chi connectivity index (χ1n) is 19.4. The van der Waals surface area contributed by atoms with E-state index in [1.165, 1.54) is 72.4 Å². The summed E-state index contributed by atoms with van der Waals surface area (Å²) in [5.74, 6) is 0.723. The predicted molar refractivity (Wildman–Crippen MR) is 227 cm³/mol. The van der Waals surface area contributed by atoms with E-state index >= 15 is 0 Å². The molecule has 0 radical (unpaired) electrons. The molecule has 1 heterocycles. The van der Waals surface area contributed by atoms with Gasteiger partial charge in [-0.25, -0.2) is 0 Å². The number of allylic oxidation sites excluding steroid dienone is 6. The molecule has 0 aliphatic heterocycles. The Morgan fingerprint density at radius 2 is 1.33 bits per heavy atom. The molecule has 2 nitrogen and oxygen atoms in total. The van der Waals surface area contributed by atoms with Gasteiger partial charge in [-0.1, -0.05) is 147 Å². The molecule has 2 heteroatoms. The lowest BCUT2D eigenvalue weighted by Gasteiger charge is -2.43. The molecule has 0 N–H and O–H groups in total. The van der Waals surface area contributed by atoms with E-state index in [0.717, 1.165) is 19.3 Å². The van der Waals surface area contributed by atoms with E-state index in [9.17, 15) is 0 Å². The topological polar surface area (TPSA) is 8.17 Å². The molecule has 0 spiro atoms. The molecule has 54 heavy (non-hydrogen) atoms. The molecule has 0 saturated carbocycles. The van der Waals surface area contributed by atoms with E-state index in [-0.39, 0.29) is 5.41 Å². The summed E-state index contributed by atoms with van der Waals surface area (Å²) in [5.41, 5.74) is 15.8. The van der Waals surface area contributed by atoms with Gasteiger partial charge in [0.1, 0.15) is 0 Å². The molecule has 0 amide bonds. The number of hydrogen-bond acceptors (Lipinski definition) is 1. The number of aromatic nitrogens is 1. The highest BCUT2D eigenvalue weighted by atomic mass is 15.2. The summed E-state index contributed by atoms with van der Waals surface area (Å²) in [5, 5.41) is 2.60. The Kier molecular flexibility index (Phi) is 7.87. The fraction of sp³-hybridized carbons (Fsp3) is 0.154. The van der Waals surface area contributed by atoms with Gasteiger partial charge in [0.05, 0.1) is 11.0 Å². The van der Waals surface area contributed by atoms with E-state index in [1.54, 1.807) is 5.57 Å². The van der Waals surface area contributed by atoms with Gasteiger partial charge in [0.15, 0.2) is 0 Å². The van der Waals surface area contributed by atoms with Crippen LogP contribution in [0.3, 0.4) is 0 Å². The number of para-hydroxylation sites is 2. The van der Waals surface area contributed by atoms with Gasteiger partial charge >= 0.3 is 0 Å². The zero-order chi connectivity index (χ0) is 36.2. The Morgan fingerprint density at radius 3 is 2.17 bits per heavy atom. The number of nitrogens with zero attached hydrogens (tertiary/aromatic N) is 2. The lowest BCUT2D eigenvalue weighted by molar-refractivity contribution is 0.386. The van der Waals surface area contributed by atoms with Gasteiger partial charge in [0, 0.05) is 45.4 Å². The molecule has 2 atom stereocenters. The van der Waals surface area contributed by atoms with Crippen LogP contribution in [0.25, 0.3) is 38.6 Å². The summed E-state index contributed by atoms with van der Waals surface area (Å²) in [6, 6.07) is 55.5. The van der Waals surface area contributed by atoms with Gasteiger partial charge < -0.3 is 9.47 Å². The van der Waals surface area contributed by atoms with Crippen LogP contribution in [0.1, 0.15) is 55.2 Å². The van der Waals surface area contributed by atoms with Crippen LogP contribution in [0.4, 0.5) is 5.69 Å². The highest BCUT2D eigenvalue weighted by Gasteiger charge is 2.38. The van der Waals surface area contributed by atoms with Crippen LogP contribution in [0, 0.1) is 5.41 Å². The summed E-state index contributed by atoms with van der Waals surface area (Å²) in [4.78, 5) is 2.51. The minimum Gasteiger partial charge on any atom is -0.311 e. The number of fused-ring (bicyclic) bond motifs is 6. The zero-order valence-corrected chi connectivity index (χ0v) is 31.0.